The molecule has 0 aromatic carbocycles. The topological polar surface area (TPSA) is 35.2 Å². The van der Waals surface area contributed by atoms with Crippen molar-refractivity contribution in [2.24, 2.45) is 5.73 Å². The Balaban J connectivity index is 1.88. The summed E-state index contributed by atoms with van der Waals surface area (Å²) in [6, 6.07) is 0. The smallest absolute Gasteiger partial charge is 0.0576 e. The molecule has 1 aliphatic rings. The maximum Gasteiger partial charge on any atom is 0.0576 e. The first-order valence-corrected chi connectivity index (χ1v) is 6.31. The van der Waals surface area contributed by atoms with E-state index in [1.807, 2.05) is 11.8 Å². The minimum absolute atomic E-state index is 0.564. The Hall–Kier alpha value is 0.270. The van der Waals surface area contributed by atoms with Crippen LogP contribution in [0.2, 0.25) is 0 Å². The van der Waals surface area contributed by atoms with Crippen LogP contribution in [0.25, 0.3) is 0 Å². The number of hydrogen-bond donors (Lipinski definition) is 1. The Morgan fingerprint density at radius 2 is 2.46 bits per heavy atom. The monoisotopic (exact) mass is 203 g/mol. The van der Waals surface area contributed by atoms with E-state index in [1.165, 1.54) is 31.4 Å². The summed E-state index contributed by atoms with van der Waals surface area (Å²) in [7, 11) is 0. The molecule has 0 aliphatic carbocycles. The predicted molar refractivity (Wildman–Crippen MR) is 59.2 cm³/mol. The maximum atomic E-state index is 5.55. The van der Waals surface area contributed by atoms with E-state index in [9.17, 15) is 0 Å². The zero-order valence-corrected chi connectivity index (χ0v) is 9.31. The van der Waals surface area contributed by atoms with Crippen molar-refractivity contribution in [3.8, 4) is 0 Å². The van der Waals surface area contributed by atoms with E-state index in [0.29, 0.717) is 11.4 Å². The van der Waals surface area contributed by atoms with Crippen LogP contribution in [0, 0.1) is 0 Å². The maximum absolute atomic E-state index is 5.55. The molecular formula is C10H21NOS. The average Bonchev–Trinajstić information content (AvgIpc) is 2.64. The molecule has 0 aromatic rings. The van der Waals surface area contributed by atoms with E-state index < -0.39 is 0 Å². The summed E-state index contributed by atoms with van der Waals surface area (Å²) < 4.78 is 5.55. The van der Waals surface area contributed by atoms with Gasteiger partial charge in [-0.05, 0) is 31.4 Å². The van der Waals surface area contributed by atoms with Crippen molar-refractivity contribution in [2.45, 2.75) is 44.0 Å². The van der Waals surface area contributed by atoms with Gasteiger partial charge in [0.2, 0.25) is 0 Å². The number of nitrogens with two attached hydrogens (primary N) is 1. The fourth-order valence-corrected chi connectivity index (χ4v) is 2.41. The summed E-state index contributed by atoms with van der Waals surface area (Å²) in [6.45, 7) is 3.97. The Kier molecular flexibility index (Phi) is 5.83. The van der Waals surface area contributed by atoms with E-state index >= 15 is 0 Å². The van der Waals surface area contributed by atoms with Gasteiger partial charge in [0.05, 0.1) is 6.10 Å². The molecule has 3 heteroatoms. The third kappa shape index (κ3) is 4.89. The molecular weight excluding hydrogens is 182 g/mol. The highest BCUT2D eigenvalue weighted by atomic mass is 32.2. The zero-order valence-electron chi connectivity index (χ0n) is 8.50. The molecule has 1 rings (SSSR count). The lowest BCUT2D eigenvalue weighted by Gasteiger charge is -2.10. The van der Waals surface area contributed by atoms with Crippen molar-refractivity contribution in [2.75, 3.05) is 18.9 Å². The second kappa shape index (κ2) is 6.68. The molecule has 0 amide bonds. The summed E-state index contributed by atoms with van der Waals surface area (Å²) in [5.41, 5.74) is 5.53. The lowest BCUT2D eigenvalue weighted by molar-refractivity contribution is 0.104. The summed E-state index contributed by atoms with van der Waals surface area (Å²) in [5.74, 6) is 1.23. The Labute approximate surface area is 85.6 Å². The van der Waals surface area contributed by atoms with Crippen LogP contribution >= 0.6 is 11.8 Å². The molecule has 0 radical (unpaired) electrons. The fraction of sp³-hybridized carbons (Fsp3) is 1.00. The number of ether oxygens (including phenoxy) is 1. The number of hydrogen-bond acceptors (Lipinski definition) is 3. The van der Waals surface area contributed by atoms with Crippen molar-refractivity contribution in [3.63, 3.8) is 0 Å². The molecule has 2 atom stereocenters. The lowest BCUT2D eigenvalue weighted by atomic mass is 10.1. The van der Waals surface area contributed by atoms with Gasteiger partial charge in [-0.2, -0.15) is 11.8 Å². The highest BCUT2D eigenvalue weighted by molar-refractivity contribution is 7.99. The molecule has 0 spiro atoms. The minimum atomic E-state index is 0.564. The van der Waals surface area contributed by atoms with Crippen molar-refractivity contribution in [1.82, 2.24) is 0 Å². The average molecular weight is 203 g/mol. The molecule has 0 aromatic heterocycles. The van der Waals surface area contributed by atoms with Gasteiger partial charge in [-0.3, -0.25) is 0 Å². The van der Waals surface area contributed by atoms with Gasteiger partial charge < -0.3 is 10.5 Å². The number of rotatable bonds is 6. The lowest BCUT2D eigenvalue weighted by Crippen LogP contribution is -2.13. The minimum Gasteiger partial charge on any atom is -0.378 e. The Bertz CT molecular complexity index is 126. The molecule has 2 N–H and O–H groups in total. The highest BCUT2D eigenvalue weighted by Crippen LogP contribution is 2.19. The second-order valence-corrected chi connectivity index (χ2v) is 5.24. The SMILES string of the molecule is CC(CN)SCCCC1CCCO1. The predicted octanol–water partition coefficient (Wildman–Crippen LogP) is 2.03. The molecule has 78 valence electrons. The number of thioether (sulfide) groups is 1. The van der Waals surface area contributed by atoms with Gasteiger partial charge >= 0.3 is 0 Å². The van der Waals surface area contributed by atoms with E-state index in [4.69, 9.17) is 10.5 Å². The van der Waals surface area contributed by atoms with Gasteiger partial charge in [0.15, 0.2) is 0 Å². The normalized spacial score (nSPS) is 24.9. The standard InChI is InChI=1S/C10H21NOS/c1-9(8-11)13-7-3-5-10-4-2-6-12-10/h9-10H,2-8,11H2,1H3. The molecule has 1 saturated heterocycles. The summed E-state index contributed by atoms with van der Waals surface area (Å²) in [5, 5.41) is 0.615. The largest absolute Gasteiger partial charge is 0.378 e. The first kappa shape index (κ1) is 11.3. The van der Waals surface area contributed by atoms with Gasteiger partial charge in [-0.25, -0.2) is 0 Å². The van der Waals surface area contributed by atoms with Crippen LogP contribution in [-0.2, 0) is 4.74 Å². The third-order valence-electron chi connectivity index (χ3n) is 2.43. The highest BCUT2D eigenvalue weighted by Gasteiger charge is 2.14. The van der Waals surface area contributed by atoms with Gasteiger partial charge in [0.1, 0.15) is 0 Å². The molecule has 13 heavy (non-hydrogen) atoms. The first-order chi connectivity index (χ1) is 6.33. The van der Waals surface area contributed by atoms with Crippen LogP contribution in [-0.4, -0.2) is 30.3 Å². The fourth-order valence-electron chi connectivity index (χ4n) is 1.54. The van der Waals surface area contributed by atoms with E-state index in [1.54, 1.807) is 0 Å². The van der Waals surface area contributed by atoms with Crippen LogP contribution in [0.15, 0.2) is 0 Å². The quantitative estimate of drug-likeness (QED) is 0.671. The first-order valence-electron chi connectivity index (χ1n) is 5.26. The van der Waals surface area contributed by atoms with Crippen molar-refractivity contribution >= 4 is 11.8 Å². The van der Waals surface area contributed by atoms with E-state index in [-0.39, 0.29) is 0 Å². The van der Waals surface area contributed by atoms with Crippen LogP contribution < -0.4 is 5.73 Å². The van der Waals surface area contributed by atoms with Crippen LogP contribution in [0.3, 0.4) is 0 Å². The van der Waals surface area contributed by atoms with Gasteiger partial charge in [0, 0.05) is 18.4 Å². The zero-order chi connectivity index (χ0) is 9.52. The van der Waals surface area contributed by atoms with Gasteiger partial charge in [-0.1, -0.05) is 6.92 Å². The van der Waals surface area contributed by atoms with Crippen LogP contribution in [0.1, 0.15) is 32.6 Å². The third-order valence-corrected chi connectivity index (χ3v) is 3.71. The summed E-state index contributed by atoms with van der Waals surface area (Å²) in [4.78, 5) is 0. The molecule has 2 unspecified atom stereocenters. The molecule has 2 nitrogen and oxygen atoms in total. The molecule has 0 saturated carbocycles. The molecule has 1 aliphatic heterocycles. The van der Waals surface area contributed by atoms with E-state index in [2.05, 4.69) is 6.92 Å². The molecule has 1 fully saturated rings. The van der Waals surface area contributed by atoms with Gasteiger partial charge in [0.25, 0.3) is 0 Å². The Morgan fingerprint density at radius 3 is 3.08 bits per heavy atom. The van der Waals surface area contributed by atoms with Crippen LogP contribution in [0.4, 0.5) is 0 Å². The van der Waals surface area contributed by atoms with Crippen molar-refractivity contribution < 1.29 is 4.74 Å². The van der Waals surface area contributed by atoms with Crippen molar-refractivity contribution in [1.29, 1.82) is 0 Å². The van der Waals surface area contributed by atoms with Gasteiger partial charge in [-0.15, -0.1) is 0 Å². The van der Waals surface area contributed by atoms with Crippen LogP contribution in [0.5, 0.6) is 0 Å². The Morgan fingerprint density at radius 1 is 1.62 bits per heavy atom. The van der Waals surface area contributed by atoms with E-state index in [0.717, 1.165) is 13.2 Å². The van der Waals surface area contributed by atoms with Crippen molar-refractivity contribution in [3.05, 3.63) is 0 Å². The summed E-state index contributed by atoms with van der Waals surface area (Å²) in [6.07, 6.45) is 5.62. The summed E-state index contributed by atoms with van der Waals surface area (Å²) >= 11 is 1.98. The second-order valence-electron chi connectivity index (χ2n) is 3.69. The molecule has 0 bridgehead atoms. The molecule has 1 heterocycles.